The third-order valence-corrected chi connectivity index (χ3v) is 6.28. The predicted molar refractivity (Wildman–Crippen MR) is 109 cm³/mol. The fourth-order valence-electron chi connectivity index (χ4n) is 4.56. The molecule has 3 aromatic rings. The Balaban J connectivity index is 1.28. The molecule has 1 heterocycles. The molecule has 4 rings (SSSR count). The summed E-state index contributed by atoms with van der Waals surface area (Å²) in [7, 11) is 2.04. The molecule has 0 atom stereocenters. The molecule has 7 heteroatoms. The molecular weight excluding hydrogens is 393 g/mol. The number of oxazole rings is 1. The second-order valence-electron chi connectivity index (χ2n) is 8.21. The number of nitrogens with zero attached hydrogens (tertiary/aromatic N) is 1. The first-order valence-electron chi connectivity index (χ1n) is 10.4. The Bertz CT molecular complexity index is 1060. The van der Waals surface area contributed by atoms with Crippen molar-refractivity contribution < 1.29 is 17.6 Å². The zero-order valence-corrected chi connectivity index (χ0v) is 16.9. The van der Waals surface area contributed by atoms with Crippen molar-refractivity contribution in [3.8, 4) is 0 Å². The lowest BCUT2D eigenvalue weighted by atomic mass is 9.81. The molecule has 160 valence electrons. The van der Waals surface area contributed by atoms with Crippen LogP contribution in [-0.4, -0.2) is 29.5 Å². The van der Waals surface area contributed by atoms with Gasteiger partial charge in [-0.1, -0.05) is 6.07 Å². The Kier molecular flexibility index (Phi) is 5.99. The molecule has 1 N–H and O–H groups in total. The molecule has 1 aliphatic rings. The van der Waals surface area contributed by atoms with Crippen LogP contribution in [0.15, 0.2) is 39.5 Å². The molecule has 1 aromatic heterocycles. The molecule has 1 aliphatic carbocycles. The van der Waals surface area contributed by atoms with Crippen LogP contribution in [0.5, 0.6) is 0 Å². The smallest absolute Gasteiger partial charge is 0.408 e. The molecule has 0 aliphatic heterocycles. The number of H-pyrrole nitrogens is 1. The summed E-state index contributed by atoms with van der Waals surface area (Å²) in [4.78, 5) is 16.2. The summed E-state index contributed by atoms with van der Waals surface area (Å²) in [6, 6.07) is 7.79. The molecule has 1 saturated carbocycles. The van der Waals surface area contributed by atoms with E-state index >= 15 is 0 Å². The van der Waals surface area contributed by atoms with Gasteiger partial charge in [-0.05, 0) is 75.7 Å². The van der Waals surface area contributed by atoms with Crippen LogP contribution in [0.2, 0.25) is 0 Å². The van der Waals surface area contributed by atoms with Crippen molar-refractivity contribution in [3.05, 3.63) is 69.5 Å². The van der Waals surface area contributed by atoms with E-state index in [0.29, 0.717) is 29.5 Å². The van der Waals surface area contributed by atoms with Crippen LogP contribution < -0.4 is 5.76 Å². The van der Waals surface area contributed by atoms with Gasteiger partial charge in [-0.15, -0.1) is 0 Å². The summed E-state index contributed by atoms with van der Waals surface area (Å²) in [5.74, 6) is -2.52. The second kappa shape index (κ2) is 8.68. The van der Waals surface area contributed by atoms with Gasteiger partial charge in [-0.25, -0.2) is 18.0 Å². The summed E-state index contributed by atoms with van der Waals surface area (Å²) in [6.07, 6.45) is 5.01. The van der Waals surface area contributed by atoms with Crippen LogP contribution in [0.4, 0.5) is 13.2 Å². The van der Waals surface area contributed by atoms with Gasteiger partial charge in [0, 0.05) is 23.7 Å². The van der Waals surface area contributed by atoms with Crippen molar-refractivity contribution in [2.45, 2.75) is 50.5 Å². The van der Waals surface area contributed by atoms with Gasteiger partial charge < -0.3 is 9.32 Å². The van der Waals surface area contributed by atoms with E-state index in [4.69, 9.17) is 4.42 Å². The number of aromatic nitrogens is 1. The lowest BCUT2D eigenvalue weighted by Crippen LogP contribution is -2.35. The number of benzene rings is 2. The number of aromatic amines is 1. The summed E-state index contributed by atoms with van der Waals surface area (Å²) in [5.41, 5.74) is 2.46. The minimum absolute atomic E-state index is 0.0414. The molecule has 4 nitrogen and oxygen atoms in total. The Morgan fingerprint density at radius 3 is 2.47 bits per heavy atom. The second-order valence-corrected chi connectivity index (χ2v) is 8.21. The van der Waals surface area contributed by atoms with E-state index in [1.165, 1.54) is 5.56 Å². The lowest BCUT2D eigenvalue weighted by molar-refractivity contribution is 0.180. The van der Waals surface area contributed by atoms with Gasteiger partial charge in [-0.2, -0.15) is 0 Å². The molecule has 1 fully saturated rings. The third-order valence-electron chi connectivity index (χ3n) is 6.28. The van der Waals surface area contributed by atoms with Crippen molar-refractivity contribution in [3.63, 3.8) is 0 Å². The Hall–Kier alpha value is -2.54. The van der Waals surface area contributed by atoms with Crippen LogP contribution >= 0.6 is 0 Å². The molecule has 0 saturated heterocycles. The van der Waals surface area contributed by atoms with E-state index in [2.05, 4.69) is 9.88 Å². The normalized spacial score (nSPS) is 19.6. The monoisotopic (exact) mass is 418 g/mol. The fourth-order valence-corrected chi connectivity index (χ4v) is 4.56. The highest BCUT2D eigenvalue weighted by Crippen LogP contribution is 2.35. The number of halogens is 3. The van der Waals surface area contributed by atoms with Crippen LogP contribution in [-0.2, 0) is 6.42 Å². The molecule has 0 spiro atoms. The average Bonchev–Trinajstić information content (AvgIpc) is 3.09. The molecular formula is C23H25F3N2O2. The van der Waals surface area contributed by atoms with Crippen molar-refractivity contribution in [1.82, 2.24) is 9.88 Å². The number of hydrogen-bond donors (Lipinski definition) is 1. The van der Waals surface area contributed by atoms with Gasteiger partial charge in [0.25, 0.3) is 0 Å². The Morgan fingerprint density at radius 2 is 1.77 bits per heavy atom. The maximum Gasteiger partial charge on any atom is 0.417 e. The topological polar surface area (TPSA) is 49.2 Å². The highest BCUT2D eigenvalue weighted by molar-refractivity contribution is 5.72. The first-order valence-corrected chi connectivity index (χ1v) is 10.4. The molecule has 30 heavy (non-hydrogen) atoms. The summed E-state index contributed by atoms with van der Waals surface area (Å²) in [6.45, 7) is 0.728. The number of hydrogen-bond acceptors (Lipinski definition) is 3. The lowest BCUT2D eigenvalue weighted by Gasteiger charge is -2.35. The van der Waals surface area contributed by atoms with Crippen molar-refractivity contribution in [1.29, 1.82) is 0 Å². The maximum absolute atomic E-state index is 13.8. The van der Waals surface area contributed by atoms with Gasteiger partial charge in [0.1, 0.15) is 17.5 Å². The van der Waals surface area contributed by atoms with Gasteiger partial charge in [0.15, 0.2) is 5.58 Å². The Morgan fingerprint density at radius 1 is 1.07 bits per heavy atom. The van der Waals surface area contributed by atoms with E-state index < -0.39 is 23.2 Å². The zero-order valence-electron chi connectivity index (χ0n) is 16.9. The van der Waals surface area contributed by atoms with Crippen molar-refractivity contribution in [2.24, 2.45) is 0 Å². The van der Waals surface area contributed by atoms with Gasteiger partial charge in [0.05, 0.1) is 5.52 Å². The van der Waals surface area contributed by atoms with Crippen LogP contribution in [0.25, 0.3) is 11.1 Å². The first-order chi connectivity index (χ1) is 14.4. The van der Waals surface area contributed by atoms with Crippen LogP contribution in [0.3, 0.4) is 0 Å². The quantitative estimate of drug-likeness (QED) is 0.604. The third kappa shape index (κ3) is 4.46. The minimum atomic E-state index is -0.888. The van der Waals surface area contributed by atoms with Crippen molar-refractivity contribution in [2.75, 3.05) is 13.6 Å². The van der Waals surface area contributed by atoms with E-state index in [1.807, 2.05) is 25.2 Å². The van der Waals surface area contributed by atoms with Gasteiger partial charge in [0.2, 0.25) is 0 Å². The van der Waals surface area contributed by atoms with E-state index in [-0.39, 0.29) is 12.0 Å². The zero-order chi connectivity index (χ0) is 21.3. The van der Waals surface area contributed by atoms with E-state index in [9.17, 15) is 18.0 Å². The molecule has 0 radical (unpaired) electrons. The number of rotatable bonds is 6. The van der Waals surface area contributed by atoms with E-state index in [1.54, 1.807) is 0 Å². The fraction of sp³-hybridized carbons (Fsp3) is 0.435. The Labute approximate surface area is 172 Å². The summed E-state index contributed by atoms with van der Waals surface area (Å²) in [5, 5.41) is 0. The summed E-state index contributed by atoms with van der Waals surface area (Å²) >= 11 is 0. The van der Waals surface area contributed by atoms with Gasteiger partial charge in [-0.3, -0.25) is 4.98 Å². The van der Waals surface area contributed by atoms with Gasteiger partial charge >= 0.3 is 5.76 Å². The highest BCUT2D eigenvalue weighted by Gasteiger charge is 2.25. The minimum Gasteiger partial charge on any atom is -0.408 e. The number of fused-ring (bicyclic) bond motifs is 1. The first kappa shape index (κ1) is 20.7. The SMILES string of the molecule is CN(CCCc1c(F)cc(F)cc1F)C1CCC(c2ccc3[nH]c(=O)oc3c2)CC1. The van der Waals surface area contributed by atoms with Crippen LogP contribution in [0.1, 0.15) is 49.1 Å². The standard InChI is InChI=1S/C23H25F3N2O2/c1-28(10-2-3-18-19(25)12-16(24)13-20(18)26)17-7-4-14(5-8-17)15-6-9-21-22(11-15)30-23(29)27-21/h6,9,11-14,17H,2-5,7-8,10H2,1H3,(H,27,29). The average molecular weight is 418 g/mol. The number of nitrogens with one attached hydrogen (secondary N) is 1. The predicted octanol–water partition coefficient (Wildman–Crippen LogP) is 5.13. The van der Waals surface area contributed by atoms with E-state index in [0.717, 1.165) is 44.4 Å². The largest absolute Gasteiger partial charge is 0.417 e. The highest BCUT2D eigenvalue weighted by atomic mass is 19.1. The molecule has 0 bridgehead atoms. The van der Waals surface area contributed by atoms with Crippen LogP contribution in [0, 0.1) is 17.5 Å². The van der Waals surface area contributed by atoms with Crippen molar-refractivity contribution >= 4 is 11.1 Å². The maximum atomic E-state index is 13.8. The molecule has 0 amide bonds. The summed E-state index contributed by atoms with van der Waals surface area (Å²) < 4.78 is 45.7. The molecule has 2 aromatic carbocycles. The molecule has 0 unspecified atom stereocenters.